The van der Waals surface area contributed by atoms with Gasteiger partial charge in [0.1, 0.15) is 0 Å². The highest BCUT2D eigenvalue weighted by Gasteiger charge is 2.30. The van der Waals surface area contributed by atoms with Crippen molar-refractivity contribution in [3.63, 3.8) is 0 Å². The highest BCUT2D eigenvalue weighted by molar-refractivity contribution is 5.83. The summed E-state index contributed by atoms with van der Waals surface area (Å²) in [5.74, 6) is -2.24. The summed E-state index contributed by atoms with van der Waals surface area (Å²) < 4.78 is 0. The summed E-state index contributed by atoms with van der Waals surface area (Å²) >= 11 is 0. The van der Waals surface area contributed by atoms with E-state index in [1.54, 1.807) is 0 Å². The van der Waals surface area contributed by atoms with Crippen LogP contribution in [0.25, 0.3) is 0 Å². The second-order valence-electron chi connectivity index (χ2n) is 5.01. The van der Waals surface area contributed by atoms with E-state index >= 15 is 0 Å². The second-order valence-corrected chi connectivity index (χ2v) is 5.01. The molecule has 1 saturated heterocycles. The van der Waals surface area contributed by atoms with Gasteiger partial charge in [0, 0.05) is 46.6 Å². The van der Waals surface area contributed by atoms with Crippen LogP contribution >= 0.6 is 0 Å². The molecule has 0 aromatic carbocycles. The minimum Gasteiger partial charge on any atom is -0.481 e. The topological polar surface area (TPSA) is 107 Å². The lowest BCUT2D eigenvalue weighted by molar-refractivity contribution is -0.141. The molecule has 8 nitrogen and oxygen atoms in total. The van der Waals surface area contributed by atoms with E-state index in [0.717, 1.165) is 0 Å². The van der Waals surface area contributed by atoms with E-state index in [2.05, 4.69) is 5.32 Å². The molecule has 0 aliphatic carbocycles. The minimum atomic E-state index is -1.04. The van der Waals surface area contributed by atoms with Crippen molar-refractivity contribution in [2.75, 3.05) is 33.2 Å². The number of rotatable bonds is 4. The Morgan fingerprint density at radius 2 is 1.67 bits per heavy atom. The van der Waals surface area contributed by atoms with Gasteiger partial charge in [-0.05, 0) is 0 Å². The Morgan fingerprint density at radius 1 is 1.10 bits per heavy atom. The maximum absolute atomic E-state index is 12.0. The molecule has 0 unspecified atom stereocenters. The molecule has 1 aliphatic heterocycles. The first kappa shape index (κ1) is 16.9. The number of nitrogens with one attached hydrogen (secondary N) is 1. The lowest BCUT2D eigenvalue weighted by atomic mass is 10.1. The van der Waals surface area contributed by atoms with Gasteiger partial charge in [-0.1, -0.05) is 0 Å². The van der Waals surface area contributed by atoms with Gasteiger partial charge in [-0.25, -0.2) is 0 Å². The molecule has 0 radical (unpaired) electrons. The predicted molar refractivity (Wildman–Crippen MR) is 73.3 cm³/mol. The standard InChI is InChI=1S/C13H21N3O5/c1-9(17)15-5-6-16(11(18)3-4-12(19)20)8-10(7-15)13(21)14-2/h10H,3-8H2,1-2H3,(H,14,21)(H,19,20)/t10-/m0/s1. The van der Waals surface area contributed by atoms with Gasteiger partial charge in [0.2, 0.25) is 17.7 Å². The Morgan fingerprint density at radius 3 is 2.19 bits per heavy atom. The Bertz CT molecular complexity index is 438. The average molecular weight is 299 g/mol. The van der Waals surface area contributed by atoms with Gasteiger partial charge < -0.3 is 20.2 Å². The molecule has 0 spiro atoms. The van der Waals surface area contributed by atoms with Gasteiger partial charge >= 0.3 is 5.97 Å². The number of carbonyl (C=O) groups excluding carboxylic acids is 3. The number of carbonyl (C=O) groups is 4. The molecule has 0 aromatic heterocycles. The first-order valence-electron chi connectivity index (χ1n) is 6.81. The SMILES string of the molecule is CNC(=O)[C@H]1CN(C(C)=O)CCN(C(=O)CCC(=O)O)C1. The highest BCUT2D eigenvalue weighted by atomic mass is 16.4. The molecule has 2 N–H and O–H groups in total. The second kappa shape index (κ2) is 7.61. The van der Waals surface area contributed by atoms with Crippen molar-refractivity contribution < 1.29 is 24.3 Å². The summed E-state index contributed by atoms with van der Waals surface area (Å²) in [5.41, 5.74) is 0. The number of amides is 3. The van der Waals surface area contributed by atoms with Crippen molar-refractivity contribution in [2.45, 2.75) is 19.8 Å². The number of carboxylic acid groups (broad SMARTS) is 1. The molecule has 118 valence electrons. The monoisotopic (exact) mass is 299 g/mol. The van der Waals surface area contributed by atoms with Crippen LogP contribution in [0.4, 0.5) is 0 Å². The van der Waals surface area contributed by atoms with Crippen LogP contribution in [0.15, 0.2) is 0 Å². The zero-order valence-corrected chi connectivity index (χ0v) is 12.3. The summed E-state index contributed by atoms with van der Waals surface area (Å²) in [7, 11) is 1.50. The molecule has 0 aromatic rings. The smallest absolute Gasteiger partial charge is 0.303 e. The molecule has 0 bridgehead atoms. The van der Waals surface area contributed by atoms with Gasteiger partial charge in [-0.2, -0.15) is 0 Å². The number of hydrogen-bond donors (Lipinski definition) is 2. The van der Waals surface area contributed by atoms with Crippen LogP contribution in [0, 0.1) is 5.92 Å². The van der Waals surface area contributed by atoms with Crippen LogP contribution in [0.1, 0.15) is 19.8 Å². The van der Waals surface area contributed by atoms with E-state index in [-0.39, 0.29) is 43.7 Å². The molecule has 8 heteroatoms. The first-order valence-corrected chi connectivity index (χ1v) is 6.81. The quantitative estimate of drug-likeness (QED) is 0.685. The molecular formula is C13H21N3O5. The van der Waals surface area contributed by atoms with Gasteiger partial charge in [0.05, 0.1) is 12.3 Å². The fourth-order valence-electron chi connectivity index (χ4n) is 2.27. The third-order valence-corrected chi connectivity index (χ3v) is 3.49. The Balaban J connectivity index is 2.77. The van der Waals surface area contributed by atoms with Crippen molar-refractivity contribution in [3.8, 4) is 0 Å². The molecule has 0 saturated carbocycles. The van der Waals surface area contributed by atoms with Crippen LogP contribution < -0.4 is 5.32 Å². The zero-order chi connectivity index (χ0) is 16.0. The number of carboxylic acids is 1. The third-order valence-electron chi connectivity index (χ3n) is 3.49. The zero-order valence-electron chi connectivity index (χ0n) is 12.3. The average Bonchev–Trinajstić information content (AvgIpc) is 2.66. The van der Waals surface area contributed by atoms with Crippen LogP contribution in [0.3, 0.4) is 0 Å². The molecule has 3 amide bonds. The van der Waals surface area contributed by atoms with Crippen LogP contribution in [0.5, 0.6) is 0 Å². The van der Waals surface area contributed by atoms with Gasteiger partial charge in [0.15, 0.2) is 0 Å². The molecule has 1 atom stereocenters. The first-order chi connectivity index (χ1) is 9.85. The van der Waals surface area contributed by atoms with Gasteiger partial charge in [-0.15, -0.1) is 0 Å². The lowest BCUT2D eigenvalue weighted by Gasteiger charge is -2.23. The Hall–Kier alpha value is -2.12. The summed E-state index contributed by atoms with van der Waals surface area (Å²) in [6, 6.07) is 0. The molecule has 1 heterocycles. The predicted octanol–water partition coefficient (Wildman–Crippen LogP) is -1.10. The van der Waals surface area contributed by atoms with E-state index in [4.69, 9.17) is 5.11 Å². The van der Waals surface area contributed by atoms with Crippen molar-refractivity contribution >= 4 is 23.7 Å². The van der Waals surface area contributed by atoms with E-state index < -0.39 is 11.9 Å². The lowest BCUT2D eigenvalue weighted by Crippen LogP contribution is -2.42. The Labute approximate surface area is 123 Å². The van der Waals surface area contributed by atoms with Crippen LogP contribution in [0.2, 0.25) is 0 Å². The van der Waals surface area contributed by atoms with Gasteiger partial charge in [0.25, 0.3) is 0 Å². The highest BCUT2D eigenvalue weighted by Crippen LogP contribution is 2.12. The summed E-state index contributed by atoms with van der Waals surface area (Å²) in [4.78, 5) is 48.9. The summed E-state index contributed by atoms with van der Waals surface area (Å²) in [6.45, 7) is 2.54. The van der Waals surface area contributed by atoms with E-state index in [9.17, 15) is 19.2 Å². The maximum Gasteiger partial charge on any atom is 0.303 e. The van der Waals surface area contributed by atoms with Crippen molar-refractivity contribution in [2.24, 2.45) is 5.92 Å². The van der Waals surface area contributed by atoms with Crippen molar-refractivity contribution in [3.05, 3.63) is 0 Å². The maximum atomic E-state index is 12.0. The molecule has 1 rings (SSSR count). The molecular weight excluding hydrogens is 278 g/mol. The molecule has 21 heavy (non-hydrogen) atoms. The van der Waals surface area contributed by atoms with E-state index in [0.29, 0.717) is 13.1 Å². The third kappa shape index (κ3) is 5.05. The Kier molecular flexibility index (Phi) is 6.13. The number of aliphatic carboxylic acids is 1. The minimum absolute atomic E-state index is 0.101. The fourth-order valence-corrected chi connectivity index (χ4v) is 2.27. The van der Waals surface area contributed by atoms with E-state index in [1.165, 1.54) is 23.8 Å². The number of hydrogen-bond acceptors (Lipinski definition) is 4. The number of nitrogens with zero attached hydrogens (tertiary/aromatic N) is 2. The van der Waals surface area contributed by atoms with Gasteiger partial charge in [-0.3, -0.25) is 19.2 Å². The molecule has 1 aliphatic rings. The summed E-state index contributed by atoms with van der Waals surface area (Å²) in [6.07, 6.45) is -0.341. The molecule has 1 fully saturated rings. The van der Waals surface area contributed by atoms with E-state index in [1.807, 2.05) is 0 Å². The van der Waals surface area contributed by atoms with Crippen molar-refractivity contribution in [1.29, 1.82) is 0 Å². The summed E-state index contributed by atoms with van der Waals surface area (Å²) in [5, 5.41) is 11.1. The largest absolute Gasteiger partial charge is 0.481 e. The normalized spacial score (nSPS) is 18.9. The van der Waals surface area contributed by atoms with Crippen LogP contribution in [-0.2, 0) is 19.2 Å². The van der Waals surface area contributed by atoms with Crippen LogP contribution in [-0.4, -0.2) is 71.8 Å². The fraction of sp³-hybridized carbons (Fsp3) is 0.692. The van der Waals surface area contributed by atoms with Crippen molar-refractivity contribution in [1.82, 2.24) is 15.1 Å².